The van der Waals surface area contributed by atoms with Gasteiger partial charge in [-0.3, -0.25) is 33.7 Å². The van der Waals surface area contributed by atoms with Crippen molar-refractivity contribution >= 4 is 47.0 Å². The van der Waals surface area contributed by atoms with Gasteiger partial charge in [-0.15, -0.1) is 0 Å². The fourth-order valence-corrected chi connectivity index (χ4v) is 12.2. The second-order valence-corrected chi connectivity index (χ2v) is 23.1. The van der Waals surface area contributed by atoms with Crippen LogP contribution < -0.4 is 10.6 Å². The number of nitrogens with one attached hydrogen (secondary N) is 2. The summed E-state index contributed by atoms with van der Waals surface area (Å²) in [5.74, 6) is -9.54. The zero-order valence-corrected chi connectivity index (χ0v) is 44.3. The molecular formula is C54H70ClF6N7O7. The number of likely N-dealkylation sites (N-methyl/N-ethyl adjacent to an activating group) is 4. The van der Waals surface area contributed by atoms with Gasteiger partial charge in [0.25, 0.3) is 5.92 Å². The van der Waals surface area contributed by atoms with Gasteiger partial charge >= 0.3 is 6.18 Å². The number of carbonyl (C=O) groups excluding carboxylic acids is 6. The molecule has 2 aromatic rings. The van der Waals surface area contributed by atoms with E-state index < -0.39 is 115 Å². The maximum Gasteiger partial charge on any atom is 0.403 e. The Kier molecular flexibility index (Phi) is 16.4. The van der Waals surface area contributed by atoms with Gasteiger partial charge in [-0.1, -0.05) is 69.3 Å². The topological polar surface area (TPSA) is 152 Å². The number of nitrogens with zero attached hydrogens (tertiary/aromatic N) is 5. The quantitative estimate of drug-likeness (QED) is 0.228. The van der Waals surface area contributed by atoms with Crippen molar-refractivity contribution < 1.29 is 59.8 Å². The monoisotopic (exact) mass is 1080 g/mol. The molecule has 6 aliphatic rings. The Hall–Kier alpha value is -4.95. The molecule has 5 fully saturated rings. The number of ether oxygens (including phenoxy) is 1. The summed E-state index contributed by atoms with van der Waals surface area (Å²) >= 11 is 6.67. The molecule has 2 aliphatic carbocycles. The molecule has 6 atom stereocenters. The lowest BCUT2D eigenvalue weighted by Crippen LogP contribution is -2.65. The summed E-state index contributed by atoms with van der Waals surface area (Å²) < 4.78 is 92.0. The maximum absolute atomic E-state index is 15.0. The normalized spacial score (nSPS) is 26.9. The van der Waals surface area contributed by atoms with Gasteiger partial charge in [0.05, 0.1) is 13.2 Å². The van der Waals surface area contributed by atoms with E-state index in [1.54, 1.807) is 24.1 Å². The first-order valence-corrected chi connectivity index (χ1v) is 26.7. The van der Waals surface area contributed by atoms with Crippen molar-refractivity contribution in [1.82, 2.24) is 35.1 Å². The summed E-state index contributed by atoms with van der Waals surface area (Å²) in [6.45, 7) is 5.31. The maximum atomic E-state index is 15.0. The highest BCUT2D eigenvalue weighted by Gasteiger charge is 2.75. The number of hydrogen-bond donors (Lipinski definition) is 2. The first kappa shape index (κ1) is 56.3. The highest BCUT2D eigenvalue weighted by molar-refractivity contribution is 6.30. The smallest absolute Gasteiger partial charge is 0.363 e. The molecule has 0 aromatic heterocycles. The van der Waals surface area contributed by atoms with E-state index in [0.29, 0.717) is 55.2 Å². The Bertz CT molecular complexity index is 2510. The van der Waals surface area contributed by atoms with Crippen LogP contribution in [0.3, 0.4) is 0 Å². The summed E-state index contributed by atoms with van der Waals surface area (Å²) in [6.07, 6.45) is -7.14. The number of alkyl halides is 6. The summed E-state index contributed by atoms with van der Waals surface area (Å²) in [5.41, 5.74) is 0.868. The van der Waals surface area contributed by atoms with E-state index in [0.717, 1.165) is 53.7 Å². The number of fused-ring (bicyclic) bond motifs is 2. The van der Waals surface area contributed by atoms with E-state index in [9.17, 15) is 55.1 Å². The number of amides is 6. The van der Waals surface area contributed by atoms with Gasteiger partial charge in [0.1, 0.15) is 42.0 Å². The number of likely N-dealkylation sites (tertiary alicyclic amines) is 2. The summed E-state index contributed by atoms with van der Waals surface area (Å²) in [4.78, 5) is 93.2. The number of rotatable bonds is 11. The lowest BCUT2D eigenvalue weighted by molar-refractivity contribution is -0.299. The van der Waals surface area contributed by atoms with Crippen LogP contribution in [0.5, 0.6) is 0 Å². The third-order valence-corrected chi connectivity index (χ3v) is 16.6. The molecule has 4 heterocycles. The van der Waals surface area contributed by atoms with Gasteiger partial charge in [0, 0.05) is 71.5 Å². The van der Waals surface area contributed by atoms with Crippen molar-refractivity contribution in [2.24, 2.45) is 17.3 Å². The molecule has 2 saturated carbocycles. The summed E-state index contributed by atoms with van der Waals surface area (Å²) in [6, 6.07) is 5.21. The minimum Gasteiger partial charge on any atom is -0.363 e. The molecule has 2 N–H and O–H groups in total. The number of carbonyl (C=O) groups is 6. The van der Waals surface area contributed by atoms with E-state index >= 15 is 0 Å². The van der Waals surface area contributed by atoms with Crippen LogP contribution in [0.2, 0.25) is 5.02 Å². The van der Waals surface area contributed by atoms with E-state index in [2.05, 4.69) is 27.7 Å². The molecule has 6 amide bonds. The predicted octanol–water partition coefficient (Wildman–Crippen LogP) is 7.03. The molecule has 21 heteroatoms. The van der Waals surface area contributed by atoms with Crippen LogP contribution in [-0.4, -0.2) is 163 Å². The average molecular weight is 1080 g/mol. The van der Waals surface area contributed by atoms with E-state index in [1.807, 2.05) is 33.0 Å². The second kappa shape index (κ2) is 21.8. The Morgan fingerprint density at radius 3 is 2.25 bits per heavy atom. The van der Waals surface area contributed by atoms with Gasteiger partial charge in [-0.2, -0.15) is 13.2 Å². The van der Waals surface area contributed by atoms with Crippen molar-refractivity contribution in [1.29, 1.82) is 0 Å². The standard InChI is InChI=1S/C54H70ClF6N7O7/c1-31(2)20-40-47(71)67(6)43(23-34-22-36(55)16-17-38(34)33-15-18-39-35(21-33)26-75-52(39)29-64(3)30-52)48(72)65(4)19-11-9-7-8-10-12-41(45(69)62-40)66(5)49(73)44(32-13-14-32)63-46(70)42-24-37(56)25-68(42)50(74)51(54(59,60)61)27-53(57,58)28-51/h15-18,21-22,31-32,37,40-44H,7-14,19-20,23-30H2,1-6H3,(H,62,69)(H,63,70)/t37-,40?,41+,42+,43+,44+/m1/s1. The van der Waals surface area contributed by atoms with Crippen LogP contribution in [0, 0.1) is 17.3 Å². The number of halogens is 7. The van der Waals surface area contributed by atoms with Crippen LogP contribution >= 0.6 is 11.6 Å². The molecule has 412 valence electrons. The van der Waals surface area contributed by atoms with Crippen molar-refractivity contribution in [2.75, 3.05) is 54.4 Å². The number of hydrogen-bond acceptors (Lipinski definition) is 8. The zero-order chi connectivity index (χ0) is 54.5. The average Bonchev–Trinajstić information content (AvgIpc) is 3.99. The Labute approximate surface area is 439 Å². The molecule has 3 saturated heterocycles. The van der Waals surface area contributed by atoms with Crippen LogP contribution in [0.25, 0.3) is 11.1 Å². The molecule has 75 heavy (non-hydrogen) atoms. The van der Waals surface area contributed by atoms with Gasteiger partial charge in [0.2, 0.25) is 35.4 Å². The molecule has 0 bridgehead atoms. The van der Waals surface area contributed by atoms with E-state index in [-0.39, 0.29) is 36.7 Å². The van der Waals surface area contributed by atoms with Crippen molar-refractivity contribution in [3.63, 3.8) is 0 Å². The minimum atomic E-state index is -5.40. The first-order chi connectivity index (χ1) is 35.2. The second-order valence-electron chi connectivity index (χ2n) is 22.7. The summed E-state index contributed by atoms with van der Waals surface area (Å²) in [7, 11) is 6.69. The molecule has 1 spiro atoms. The van der Waals surface area contributed by atoms with Crippen LogP contribution in [0.15, 0.2) is 36.4 Å². The zero-order valence-electron chi connectivity index (χ0n) is 43.6. The highest BCUT2D eigenvalue weighted by Crippen LogP contribution is 2.61. The lowest BCUT2D eigenvalue weighted by Gasteiger charge is -2.48. The third kappa shape index (κ3) is 11.7. The molecular weight excluding hydrogens is 1010 g/mol. The summed E-state index contributed by atoms with van der Waals surface area (Å²) in [5, 5.41) is 5.92. The van der Waals surface area contributed by atoms with Gasteiger partial charge in [0.15, 0.2) is 5.41 Å². The third-order valence-electron chi connectivity index (χ3n) is 16.4. The Morgan fingerprint density at radius 2 is 1.61 bits per heavy atom. The largest absolute Gasteiger partial charge is 0.403 e. The highest BCUT2D eigenvalue weighted by atomic mass is 35.5. The van der Waals surface area contributed by atoms with Gasteiger partial charge in [-0.25, -0.2) is 13.2 Å². The Morgan fingerprint density at radius 1 is 0.933 bits per heavy atom. The van der Waals surface area contributed by atoms with Crippen molar-refractivity contribution in [3.8, 4) is 11.1 Å². The van der Waals surface area contributed by atoms with Gasteiger partial charge < -0.3 is 35.0 Å². The molecule has 0 radical (unpaired) electrons. The molecule has 2 aromatic carbocycles. The number of benzene rings is 2. The Balaban J connectivity index is 1.03. The van der Waals surface area contributed by atoms with Crippen molar-refractivity contribution in [3.05, 3.63) is 58.1 Å². The molecule has 4 aliphatic heterocycles. The molecule has 1 unspecified atom stereocenters. The fourth-order valence-electron chi connectivity index (χ4n) is 12.0. The van der Waals surface area contributed by atoms with E-state index in [4.69, 9.17) is 16.3 Å². The molecule has 8 rings (SSSR count). The SMILES string of the molecule is CC(C)CC1NC(=O)[C@@H](N(C)C(=O)[C@@H](NC(=O)[C@@H]2C[C@@H](F)CN2C(=O)C2(C(F)(F)F)CC(F)(F)C2)C2CC2)CCCCCCCN(C)C(=O)[C@H](Cc2cc(Cl)ccc2-c2ccc3c(c2)COC32CN(C)C2)N(C)C1=O. The fraction of sp³-hybridized carbons (Fsp3) is 0.667. The molecule has 14 nitrogen and oxygen atoms in total. The van der Waals surface area contributed by atoms with Crippen LogP contribution in [-0.2, 0) is 52.1 Å². The van der Waals surface area contributed by atoms with Crippen LogP contribution in [0.1, 0.15) is 108 Å². The minimum absolute atomic E-state index is 0.0814. The lowest BCUT2D eigenvalue weighted by atomic mass is 9.64. The van der Waals surface area contributed by atoms with E-state index in [1.165, 1.54) is 23.9 Å². The van der Waals surface area contributed by atoms with Gasteiger partial charge in [-0.05, 0) is 97.0 Å². The van der Waals surface area contributed by atoms with Crippen molar-refractivity contribution in [2.45, 2.75) is 158 Å². The first-order valence-electron chi connectivity index (χ1n) is 26.3. The van der Waals surface area contributed by atoms with Crippen LogP contribution in [0.4, 0.5) is 26.3 Å². The predicted molar refractivity (Wildman–Crippen MR) is 267 cm³/mol.